The lowest BCUT2D eigenvalue weighted by Gasteiger charge is -2.04. The number of esters is 1. The van der Waals surface area contributed by atoms with Gasteiger partial charge in [-0.15, -0.1) is 0 Å². The maximum absolute atomic E-state index is 12.0. The van der Waals surface area contributed by atoms with Crippen molar-refractivity contribution in [2.24, 2.45) is 0 Å². The maximum Gasteiger partial charge on any atom is 0.307 e. The van der Waals surface area contributed by atoms with Crippen molar-refractivity contribution in [3.05, 3.63) is 30.0 Å². The van der Waals surface area contributed by atoms with E-state index >= 15 is 0 Å². The fourth-order valence-corrected chi connectivity index (χ4v) is 1.93. The Balaban J connectivity index is 2.01. The van der Waals surface area contributed by atoms with Crippen LogP contribution >= 0.6 is 0 Å². The Morgan fingerprint density at radius 1 is 1.40 bits per heavy atom. The first-order valence-electron chi connectivity index (χ1n) is 6.42. The Labute approximate surface area is 116 Å². The second-order valence-electron chi connectivity index (χ2n) is 4.32. The van der Waals surface area contributed by atoms with E-state index in [2.05, 4.69) is 10.3 Å². The summed E-state index contributed by atoms with van der Waals surface area (Å²) in [6.45, 7) is 2.33. The van der Waals surface area contributed by atoms with Crippen LogP contribution in [0.3, 0.4) is 0 Å². The number of nitrogen functional groups attached to an aromatic ring is 1. The van der Waals surface area contributed by atoms with Gasteiger partial charge in [-0.1, -0.05) is 0 Å². The van der Waals surface area contributed by atoms with Crippen molar-refractivity contribution in [2.45, 2.75) is 13.3 Å². The van der Waals surface area contributed by atoms with Gasteiger partial charge in [0.1, 0.15) is 0 Å². The fourth-order valence-electron chi connectivity index (χ4n) is 1.93. The zero-order chi connectivity index (χ0) is 14.5. The molecule has 106 valence electrons. The first-order chi connectivity index (χ1) is 9.61. The van der Waals surface area contributed by atoms with Crippen molar-refractivity contribution in [3.8, 4) is 0 Å². The van der Waals surface area contributed by atoms with E-state index in [-0.39, 0.29) is 24.8 Å². The van der Waals surface area contributed by atoms with Crippen LogP contribution in [0.5, 0.6) is 0 Å². The van der Waals surface area contributed by atoms with Gasteiger partial charge in [-0.3, -0.25) is 9.59 Å². The average molecular weight is 275 g/mol. The summed E-state index contributed by atoms with van der Waals surface area (Å²) in [5, 5.41) is 3.45. The fraction of sp³-hybridized carbons (Fsp3) is 0.286. The number of amides is 1. The van der Waals surface area contributed by atoms with Gasteiger partial charge in [0.15, 0.2) is 0 Å². The van der Waals surface area contributed by atoms with E-state index in [1.807, 2.05) is 6.07 Å². The number of nitrogens with one attached hydrogen (secondary N) is 2. The van der Waals surface area contributed by atoms with Crippen LogP contribution in [0, 0.1) is 0 Å². The van der Waals surface area contributed by atoms with Crippen molar-refractivity contribution in [1.82, 2.24) is 10.3 Å². The van der Waals surface area contributed by atoms with Crippen LogP contribution in [-0.4, -0.2) is 30.0 Å². The van der Waals surface area contributed by atoms with Crippen molar-refractivity contribution in [2.75, 3.05) is 18.9 Å². The summed E-state index contributed by atoms with van der Waals surface area (Å²) in [5.41, 5.74) is 7.67. The Bertz CT molecular complexity index is 634. The van der Waals surface area contributed by atoms with Crippen LogP contribution < -0.4 is 11.1 Å². The van der Waals surface area contributed by atoms with E-state index in [0.717, 1.165) is 10.9 Å². The van der Waals surface area contributed by atoms with Crippen LogP contribution in [-0.2, 0) is 9.53 Å². The van der Waals surface area contributed by atoms with E-state index in [9.17, 15) is 9.59 Å². The van der Waals surface area contributed by atoms with Crippen molar-refractivity contribution in [3.63, 3.8) is 0 Å². The number of carbonyl (C=O) groups excluding carboxylic acids is 2. The number of ether oxygens (including phenoxy) is 1. The van der Waals surface area contributed by atoms with Crippen LogP contribution in [0.4, 0.5) is 5.69 Å². The Morgan fingerprint density at radius 2 is 2.20 bits per heavy atom. The summed E-state index contributed by atoms with van der Waals surface area (Å²) >= 11 is 0. The van der Waals surface area contributed by atoms with E-state index in [1.165, 1.54) is 0 Å². The van der Waals surface area contributed by atoms with Gasteiger partial charge < -0.3 is 20.8 Å². The van der Waals surface area contributed by atoms with Crippen LogP contribution in [0.2, 0.25) is 0 Å². The van der Waals surface area contributed by atoms with E-state index in [4.69, 9.17) is 10.5 Å². The number of H-pyrrole nitrogens is 1. The van der Waals surface area contributed by atoms with Gasteiger partial charge in [0.25, 0.3) is 5.91 Å². The number of aromatic nitrogens is 1. The molecule has 1 amide bonds. The van der Waals surface area contributed by atoms with Gasteiger partial charge in [0.05, 0.1) is 18.6 Å². The molecule has 6 heteroatoms. The molecule has 0 radical (unpaired) electrons. The number of carbonyl (C=O) groups is 2. The van der Waals surface area contributed by atoms with Gasteiger partial charge in [-0.2, -0.15) is 0 Å². The molecule has 0 aliphatic rings. The third-order valence-corrected chi connectivity index (χ3v) is 2.87. The molecule has 4 N–H and O–H groups in total. The molecule has 20 heavy (non-hydrogen) atoms. The Hall–Kier alpha value is -2.50. The highest BCUT2D eigenvalue weighted by atomic mass is 16.5. The lowest BCUT2D eigenvalue weighted by atomic mass is 10.1. The SMILES string of the molecule is CCOC(=O)CCNC(=O)c1c[nH]c2ccc(N)cc12. The van der Waals surface area contributed by atoms with Gasteiger partial charge in [0, 0.05) is 29.3 Å². The molecule has 0 unspecified atom stereocenters. The monoisotopic (exact) mass is 275 g/mol. The highest BCUT2D eigenvalue weighted by molar-refractivity contribution is 6.07. The van der Waals surface area contributed by atoms with Crippen LogP contribution in [0.15, 0.2) is 24.4 Å². The molecule has 1 heterocycles. The summed E-state index contributed by atoms with van der Waals surface area (Å²) in [6, 6.07) is 5.33. The van der Waals surface area contributed by atoms with Crippen molar-refractivity contribution < 1.29 is 14.3 Å². The molecule has 0 fully saturated rings. The summed E-state index contributed by atoms with van der Waals surface area (Å²) in [4.78, 5) is 26.2. The van der Waals surface area contributed by atoms with Gasteiger partial charge in [-0.25, -0.2) is 0 Å². The first kappa shape index (κ1) is 13.9. The number of hydrogen-bond donors (Lipinski definition) is 3. The summed E-state index contributed by atoms with van der Waals surface area (Å²) in [5.74, 6) is -0.567. The molecule has 0 aliphatic carbocycles. The van der Waals surface area contributed by atoms with Crippen molar-refractivity contribution in [1.29, 1.82) is 0 Å². The second kappa shape index (κ2) is 6.10. The van der Waals surface area contributed by atoms with E-state index < -0.39 is 0 Å². The number of benzene rings is 1. The lowest BCUT2D eigenvalue weighted by Crippen LogP contribution is -2.26. The number of nitrogens with two attached hydrogens (primary N) is 1. The Morgan fingerprint density at radius 3 is 2.95 bits per heavy atom. The number of anilines is 1. The zero-order valence-corrected chi connectivity index (χ0v) is 11.2. The minimum absolute atomic E-state index is 0.157. The first-order valence-corrected chi connectivity index (χ1v) is 6.42. The summed E-state index contributed by atoms with van der Waals surface area (Å²) in [6.07, 6.45) is 1.79. The minimum atomic E-state index is -0.323. The molecule has 0 aliphatic heterocycles. The zero-order valence-electron chi connectivity index (χ0n) is 11.2. The predicted molar refractivity (Wildman–Crippen MR) is 76.3 cm³/mol. The molecular formula is C14H17N3O3. The lowest BCUT2D eigenvalue weighted by molar-refractivity contribution is -0.142. The van der Waals surface area contributed by atoms with Crippen molar-refractivity contribution >= 4 is 28.5 Å². The molecule has 0 spiro atoms. The van der Waals surface area contributed by atoms with Gasteiger partial charge in [-0.05, 0) is 25.1 Å². The van der Waals surface area contributed by atoms with Gasteiger partial charge in [0.2, 0.25) is 0 Å². The second-order valence-corrected chi connectivity index (χ2v) is 4.32. The standard InChI is InChI=1S/C14H17N3O3/c1-2-20-13(18)5-6-16-14(19)11-8-17-12-4-3-9(15)7-10(11)12/h3-4,7-8,17H,2,5-6,15H2,1H3,(H,16,19). The normalized spacial score (nSPS) is 10.4. The molecule has 0 saturated carbocycles. The minimum Gasteiger partial charge on any atom is -0.466 e. The molecule has 0 atom stereocenters. The van der Waals surface area contributed by atoms with Gasteiger partial charge >= 0.3 is 5.97 Å². The predicted octanol–water partition coefficient (Wildman–Crippen LogP) is 1.43. The summed E-state index contributed by atoms with van der Waals surface area (Å²) in [7, 11) is 0. The number of fused-ring (bicyclic) bond motifs is 1. The Kier molecular flexibility index (Phi) is 4.24. The molecule has 2 aromatic rings. The van der Waals surface area contributed by atoms with E-state index in [0.29, 0.717) is 17.9 Å². The third kappa shape index (κ3) is 3.09. The summed E-state index contributed by atoms with van der Waals surface area (Å²) < 4.78 is 4.79. The number of hydrogen-bond acceptors (Lipinski definition) is 4. The van der Waals surface area contributed by atoms with E-state index in [1.54, 1.807) is 25.3 Å². The average Bonchev–Trinajstić information content (AvgIpc) is 2.81. The molecule has 0 saturated heterocycles. The molecule has 2 rings (SSSR count). The third-order valence-electron chi connectivity index (χ3n) is 2.87. The highest BCUT2D eigenvalue weighted by Crippen LogP contribution is 2.20. The largest absolute Gasteiger partial charge is 0.466 e. The van der Waals surface area contributed by atoms with Crippen LogP contribution in [0.1, 0.15) is 23.7 Å². The molecule has 0 bridgehead atoms. The maximum atomic E-state index is 12.0. The number of rotatable bonds is 5. The highest BCUT2D eigenvalue weighted by Gasteiger charge is 2.12. The smallest absolute Gasteiger partial charge is 0.307 e. The molecule has 1 aromatic heterocycles. The van der Waals surface area contributed by atoms with Crippen LogP contribution in [0.25, 0.3) is 10.9 Å². The molecular weight excluding hydrogens is 258 g/mol. The number of aromatic amines is 1. The molecule has 6 nitrogen and oxygen atoms in total. The molecule has 1 aromatic carbocycles. The quantitative estimate of drug-likeness (QED) is 0.568. The topological polar surface area (TPSA) is 97.2 Å².